The van der Waals surface area contributed by atoms with Crippen LogP contribution in [0.4, 0.5) is 0 Å². The monoisotopic (exact) mass is 227 g/mol. The average molecular weight is 227 g/mol. The Morgan fingerprint density at radius 3 is 2.53 bits per heavy atom. The molecule has 0 bridgehead atoms. The van der Waals surface area contributed by atoms with Gasteiger partial charge in [0.25, 0.3) is 0 Å². The van der Waals surface area contributed by atoms with Crippen molar-refractivity contribution < 1.29 is 14.6 Å². The van der Waals surface area contributed by atoms with Gasteiger partial charge in [-0.2, -0.15) is 5.26 Å². The molecule has 2 aromatic carbocycles. The van der Waals surface area contributed by atoms with E-state index in [1.807, 2.05) is 30.3 Å². The number of benzene rings is 2. The van der Waals surface area contributed by atoms with E-state index in [1.54, 1.807) is 12.1 Å². The van der Waals surface area contributed by atoms with E-state index in [0.717, 1.165) is 10.8 Å². The van der Waals surface area contributed by atoms with Crippen LogP contribution < -0.4 is 4.74 Å². The molecule has 0 atom stereocenters. The highest BCUT2D eigenvalue weighted by Gasteiger charge is 2.12. The van der Waals surface area contributed by atoms with Gasteiger partial charge in [0.05, 0.1) is 0 Å². The number of aromatic carboxylic acids is 1. The van der Waals surface area contributed by atoms with E-state index in [1.165, 1.54) is 0 Å². The Balaban J connectivity index is 2.58. The maximum absolute atomic E-state index is 11.1. The molecule has 0 unspecified atom stereocenters. The Kier molecular flexibility index (Phi) is 2.93. The van der Waals surface area contributed by atoms with Crippen LogP contribution >= 0.6 is 0 Å². The van der Waals surface area contributed by atoms with Crippen molar-refractivity contribution in [3.63, 3.8) is 0 Å². The Bertz CT molecular complexity index is 614. The van der Waals surface area contributed by atoms with Crippen molar-refractivity contribution in [2.45, 2.75) is 0 Å². The van der Waals surface area contributed by atoms with Gasteiger partial charge in [0.2, 0.25) is 0 Å². The summed E-state index contributed by atoms with van der Waals surface area (Å²) < 4.78 is 5.11. The van der Waals surface area contributed by atoms with E-state index in [2.05, 4.69) is 0 Å². The Labute approximate surface area is 97.7 Å². The lowest BCUT2D eigenvalue weighted by Crippen LogP contribution is -2.03. The van der Waals surface area contributed by atoms with Gasteiger partial charge in [0, 0.05) is 0 Å². The fourth-order valence-electron chi connectivity index (χ4n) is 1.62. The van der Waals surface area contributed by atoms with Crippen LogP contribution in [0.3, 0.4) is 0 Å². The predicted molar refractivity (Wildman–Crippen MR) is 62.0 cm³/mol. The van der Waals surface area contributed by atoms with E-state index < -0.39 is 5.97 Å². The number of fused-ring (bicyclic) bond motifs is 1. The van der Waals surface area contributed by atoms with Gasteiger partial charge < -0.3 is 9.84 Å². The van der Waals surface area contributed by atoms with Crippen molar-refractivity contribution in [3.8, 4) is 11.8 Å². The van der Waals surface area contributed by atoms with Crippen LogP contribution in [0.2, 0.25) is 0 Å². The van der Waals surface area contributed by atoms with Crippen LogP contribution in [-0.2, 0) is 0 Å². The minimum atomic E-state index is -1.07. The van der Waals surface area contributed by atoms with Gasteiger partial charge in [0.15, 0.2) is 6.61 Å². The van der Waals surface area contributed by atoms with Gasteiger partial charge in [-0.05, 0) is 22.9 Å². The highest BCUT2D eigenvalue weighted by atomic mass is 16.5. The van der Waals surface area contributed by atoms with Crippen molar-refractivity contribution in [1.29, 1.82) is 5.26 Å². The SMILES string of the molecule is N#CCOc1cc2ccccc2cc1C(=O)O. The summed E-state index contributed by atoms with van der Waals surface area (Å²) in [5.41, 5.74) is 0.0685. The Morgan fingerprint density at radius 1 is 1.29 bits per heavy atom. The van der Waals surface area contributed by atoms with E-state index in [9.17, 15) is 4.79 Å². The third kappa shape index (κ3) is 2.18. The first-order valence-electron chi connectivity index (χ1n) is 4.98. The molecule has 17 heavy (non-hydrogen) atoms. The van der Waals surface area contributed by atoms with E-state index in [0.29, 0.717) is 0 Å². The molecule has 84 valence electrons. The molecular formula is C13H9NO3. The fraction of sp³-hybridized carbons (Fsp3) is 0.0769. The molecule has 0 radical (unpaired) electrons. The number of rotatable bonds is 3. The second-order valence-electron chi connectivity index (χ2n) is 3.45. The van der Waals surface area contributed by atoms with Gasteiger partial charge in [-0.3, -0.25) is 0 Å². The molecule has 0 aliphatic heterocycles. The summed E-state index contributed by atoms with van der Waals surface area (Å²) in [7, 11) is 0. The minimum absolute atomic E-state index is 0.0685. The lowest BCUT2D eigenvalue weighted by Gasteiger charge is -2.07. The van der Waals surface area contributed by atoms with Crippen molar-refractivity contribution >= 4 is 16.7 Å². The smallest absolute Gasteiger partial charge is 0.339 e. The molecule has 0 spiro atoms. The van der Waals surface area contributed by atoms with E-state index >= 15 is 0 Å². The van der Waals surface area contributed by atoms with Crippen LogP contribution in [0, 0.1) is 11.3 Å². The summed E-state index contributed by atoms with van der Waals surface area (Å²) in [4.78, 5) is 11.1. The average Bonchev–Trinajstić information content (AvgIpc) is 2.35. The molecule has 4 heteroatoms. The van der Waals surface area contributed by atoms with Crippen molar-refractivity contribution in [2.75, 3.05) is 6.61 Å². The Morgan fingerprint density at radius 2 is 1.94 bits per heavy atom. The third-order valence-electron chi connectivity index (χ3n) is 2.37. The molecule has 4 nitrogen and oxygen atoms in total. The highest BCUT2D eigenvalue weighted by Crippen LogP contribution is 2.26. The first kappa shape index (κ1) is 11.0. The van der Waals surface area contributed by atoms with Crippen molar-refractivity contribution in [1.82, 2.24) is 0 Å². The lowest BCUT2D eigenvalue weighted by atomic mass is 10.1. The first-order valence-corrected chi connectivity index (χ1v) is 4.98. The molecule has 2 aromatic rings. The molecule has 0 saturated carbocycles. The number of hydrogen-bond acceptors (Lipinski definition) is 3. The molecule has 0 heterocycles. The topological polar surface area (TPSA) is 70.3 Å². The van der Waals surface area contributed by atoms with Crippen LogP contribution in [-0.4, -0.2) is 17.7 Å². The summed E-state index contributed by atoms with van der Waals surface area (Å²) in [6.45, 7) is -0.168. The maximum Gasteiger partial charge on any atom is 0.339 e. The minimum Gasteiger partial charge on any atom is -0.478 e. The van der Waals surface area contributed by atoms with Crippen LogP contribution in [0.5, 0.6) is 5.75 Å². The molecule has 0 aliphatic rings. The standard InChI is InChI=1S/C13H9NO3/c14-5-6-17-12-8-10-4-2-1-3-9(10)7-11(12)13(15)16/h1-4,7-8H,6H2,(H,15,16). The largest absolute Gasteiger partial charge is 0.478 e. The number of carbonyl (C=O) groups is 1. The predicted octanol–water partition coefficient (Wildman–Crippen LogP) is 2.44. The second-order valence-corrected chi connectivity index (χ2v) is 3.45. The molecule has 0 fully saturated rings. The summed E-state index contributed by atoms with van der Waals surface area (Å²) in [6, 6.07) is 12.4. The van der Waals surface area contributed by atoms with Gasteiger partial charge in [-0.25, -0.2) is 4.79 Å². The number of hydrogen-bond donors (Lipinski definition) is 1. The number of nitriles is 1. The Hall–Kier alpha value is -2.54. The summed E-state index contributed by atoms with van der Waals surface area (Å²) in [5.74, 6) is -0.846. The second kappa shape index (κ2) is 4.54. The van der Waals surface area contributed by atoms with Crippen LogP contribution in [0.25, 0.3) is 10.8 Å². The summed E-state index contributed by atoms with van der Waals surface area (Å²) in [5, 5.41) is 19.2. The summed E-state index contributed by atoms with van der Waals surface area (Å²) >= 11 is 0. The first-order chi connectivity index (χ1) is 8.22. The third-order valence-corrected chi connectivity index (χ3v) is 2.37. The highest BCUT2D eigenvalue weighted by molar-refractivity contribution is 5.97. The van der Waals surface area contributed by atoms with Crippen molar-refractivity contribution in [2.24, 2.45) is 0 Å². The van der Waals surface area contributed by atoms with Gasteiger partial charge >= 0.3 is 5.97 Å². The maximum atomic E-state index is 11.1. The molecule has 0 aliphatic carbocycles. The van der Waals surface area contributed by atoms with Crippen LogP contribution in [0.1, 0.15) is 10.4 Å². The van der Waals surface area contributed by atoms with Gasteiger partial charge in [-0.1, -0.05) is 24.3 Å². The molecule has 2 rings (SSSR count). The van der Waals surface area contributed by atoms with E-state index in [-0.39, 0.29) is 17.9 Å². The van der Waals surface area contributed by atoms with Crippen molar-refractivity contribution in [3.05, 3.63) is 42.0 Å². The zero-order valence-electron chi connectivity index (χ0n) is 8.88. The molecule has 1 N–H and O–H groups in total. The lowest BCUT2D eigenvalue weighted by molar-refractivity contribution is 0.0693. The molecule has 0 amide bonds. The quantitative estimate of drug-likeness (QED) is 0.874. The molecule has 0 saturated heterocycles. The number of ether oxygens (including phenoxy) is 1. The summed E-state index contributed by atoms with van der Waals surface area (Å²) in [6.07, 6.45) is 0. The number of carboxylic acids is 1. The molecule has 0 aromatic heterocycles. The van der Waals surface area contributed by atoms with Gasteiger partial charge in [0.1, 0.15) is 17.4 Å². The zero-order chi connectivity index (χ0) is 12.3. The normalized spacial score (nSPS) is 9.82. The van der Waals surface area contributed by atoms with Gasteiger partial charge in [-0.15, -0.1) is 0 Å². The van der Waals surface area contributed by atoms with Crippen LogP contribution in [0.15, 0.2) is 36.4 Å². The van der Waals surface area contributed by atoms with E-state index in [4.69, 9.17) is 15.1 Å². The number of nitrogens with zero attached hydrogens (tertiary/aromatic N) is 1. The zero-order valence-corrected chi connectivity index (χ0v) is 8.88. The number of carboxylic acid groups (broad SMARTS) is 1. The fourth-order valence-corrected chi connectivity index (χ4v) is 1.62. The molecular weight excluding hydrogens is 218 g/mol.